The van der Waals surface area contributed by atoms with E-state index >= 15 is 0 Å². The van der Waals surface area contributed by atoms with E-state index in [2.05, 4.69) is 33.9 Å². The highest BCUT2D eigenvalue weighted by Gasteiger charge is 2.48. The molecule has 0 aromatic rings. The van der Waals surface area contributed by atoms with Gasteiger partial charge in [-0.2, -0.15) is 0 Å². The largest absolute Gasteiger partial charge is 0.459 e. The number of hydrogen-bond donors (Lipinski definition) is 0. The molecule has 0 N–H and O–H groups in total. The van der Waals surface area contributed by atoms with Gasteiger partial charge in [-0.15, -0.1) is 0 Å². The summed E-state index contributed by atoms with van der Waals surface area (Å²) in [5.74, 6) is -0.507. The molecule has 2 heterocycles. The van der Waals surface area contributed by atoms with E-state index < -0.39 is 14.3 Å². The molecule has 0 spiro atoms. The van der Waals surface area contributed by atoms with Gasteiger partial charge in [-0.25, -0.2) is 4.79 Å². The minimum Gasteiger partial charge on any atom is -0.459 e. The number of fused-ring (bicyclic) bond motifs is 1. The molecule has 0 bridgehead atoms. The maximum absolute atomic E-state index is 12.4. The summed E-state index contributed by atoms with van der Waals surface area (Å²) in [6.07, 6.45) is 0.461. The maximum atomic E-state index is 12.4. The molecule has 2 aliphatic heterocycles. The van der Waals surface area contributed by atoms with Crippen LogP contribution in [0, 0.1) is 0 Å². The van der Waals surface area contributed by atoms with E-state index in [1.165, 1.54) is 16.7 Å². The summed E-state index contributed by atoms with van der Waals surface area (Å²) in [6.45, 7) is 11.7. The molecule has 1 fully saturated rings. The molecule has 24 heavy (non-hydrogen) atoms. The molecule has 1 atom stereocenters. The van der Waals surface area contributed by atoms with Crippen LogP contribution >= 0.6 is 11.8 Å². The Morgan fingerprint density at radius 2 is 2.00 bits per heavy atom. The van der Waals surface area contributed by atoms with E-state index in [0.29, 0.717) is 25.3 Å². The van der Waals surface area contributed by atoms with Gasteiger partial charge in [0, 0.05) is 12.0 Å². The van der Waals surface area contributed by atoms with Crippen molar-refractivity contribution in [2.24, 2.45) is 0 Å². The zero-order valence-corrected chi connectivity index (χ0v) is 17.1. The summed E-state index contributed by atoms with van der Waals surface area (Å²) >= 11 is 1.51. The lowest BCUT2D eigenvalue weighted by Crippen LogP contribution is -2.48. The predicted molar refractivity (Wildman–Crippen MR) is 95.9 cm³/mol. The van der Waals surface area contributed by atoms with Crippen LogP contribution in [-0.4, -0.2) is 57.4 Å². The van der Waals surface area contributed by atoms with E-state index in [0.717, 1.165) is 4.91 Å². The van der Waals surface area contributed by atoms with Gasteiger partial charge in [0.25, 0.3) is 0 Å². The first-order valence-corrected chi connectivity index (χ1v) is 11.9. The first kappa shape index (κ1) is 19.5. The molecule has 1 saturated heterocycles. The Bertz CT molecular complexity index is 555. The number of amides is 1. The summed E-state index contributed by atoms with van der Waals surface area (Å²) in [6, 6.07) is 0. The first-order valence-electron chi connectivity index (χ1n) is 8.10. The second-order valence-electron chi connectivity index (χ2n) is 7.49. The molecule has 2 rings (SSSR count). The van der Waals surface area contributed by atoms with Crippen molar-refractivity contribution in [2.45, 2.75) is 50.7 Å². The van der Waals surface area contributed by atoms with Crippen LogP contribution in [0.4, 0.5) is 0 Å². The SMILES string of the molecule is COCC1=C(C(=O)OCCO[Si](C)(C)C(C)(C)C)N2C(=O)C[C@H]2S1. The Morgan fingerprint density at radius 3 is 2.54 bits per heavy atom. The number of carbonyl (C=O) groups excluding carboxylic acids is 2. The average molecular weight is 374 g/mol. The van der Waals surface area contributed by atoms with E-state index in [4.69, 9.17) is 13.9 Å². The quantitative estimate of drug-likeness (QED) is 0.296. The number of nitrogens with zero attached hydrogens (tertiary/aromatic N) is 1. The van der Waals surface area contributed by atoms with Gasteiger partial charge in [0.05, 0.1) is 25.0 Å². The number of β-lactam (4-membered cyclic amide) rings is 1. The second-order valence-corrected chi connectivity index (χ2v) is 13.6. The lowest BCUT2D eigenvalue weighted by atomic mass is 10.1. The van der Waals surface area contributed by atoms with Crippen LogP contribution in [0.15, 0.2) is 10.6 Å². The molecule has 0 radical (unpaired) electrons. The van der Waals surface area contributed by atoms with Crippen molar-refractivity contribution in [3.8, 4) is 0 Å². The molecule has 0 aliphatic carbocycles. The smallest absolute Gasteiger partial charge is 0.356 e. The Kier molecular flexibility index (Phi) is 5.84. The highest BCUT2D eigenvalue weighted by molar-refractivity contribution is 8.04. The van der Waals surface area contributed by atoms with Crippen molar-refractivity contribution >= 4 is 32.0 Å². The molecule has 0 aromatic heterocycles. The zero-order valence-electron chi connectivity index (χ0n) is 15.3. The Balaban J connectivity index is 1.90. The number of esters is 1. The van der Waals surface area contributed by atoms with Crippen molar-refractivity contribution in [1.29, 1.82) is 0 Å². The Morgan fingerprint density at radius 1 is 1.33 bits per heavy atom. The molecule has 136 valence electrons. The molecular weight excluding hydrogens is 346 g/mol. The monoisotopic (exact) mass is 373 g/mol. The fourth-order valence-electron chi connectivity index (χ4n) is 2.27. The number of hydrogen-bond acceptors (Lipinski definition) is 6. The van der Waals surface area contributed by atoms with Crippen molar-refractivity contribution in [2.75, 3.05) is 26.9 Å². The van der Waals surface area contributed by atoms with Crippen LogP contribution < -0.4 is 0 Å². The number of rotatable bonds is 7. The van der Waals surface area contributed by atoms with Gasteiger partial charge in [-0.05, 0) is 18.1 Å². The van der Waals surface area contributed by atoms with E-state index in [-0.39, 0.29) is 22.9 Å². The predicted octanol–water partition coefficient (Wildman–Crippen LogP) is 2.71. The summed E-state index contributed by atoms with van der Waals surface area (Å²) in [5, 5.41) is 0.138. The number of carbonyl (C=O) groups is 2. The molecule has 0 saturated carbocycles. The standard InChI is InChI=1S/C16H27NO5SSi/c1-16(2,3)24(5,6)22-8-7-21-15(19)14-11(10-20-4)23-13-9-12(18)17(13)14/h13H,7-10H2,1-6H3/t13-/m1/s1. The first-order chi connectivity index (χ1) is 11.1. The molecule has 8 heteroatoms. The lowest BCUT2D eigenvalue weighted by molar-refractivity contribution is -0.149. The van der Waals surface area contributed by atoms with E-state index in [9.17, 15) is 9.59 Å². The Labute approximate surface area is 149 Å². The van der Waals surface area contributed by atoms with Crippen molar-refractivity contribution in [3.05, 3.63) is 10.6 Å². The molecule has 0 aromatic carbocycles. The van der Waals surface area contributed by atoms with Gasteiger partial charge in [0.1, 0.15) is 12.3 Å². The normalized spacial score (nSPS) is 21.0. The molecule has 2 aliphatic rings. The maximum Gasteiger partial charge on any atom is 0.356 e. The van der Waals surface area contributed by atoms with Crippen LogP contribution in [0.3, 0.4) is 0 Å². The summed E-state index contributed by atoms with van der Waals surface area (Å²) < 4.78 is 16.5. The zero-order chi connectivity index (χ0) is 18.1. The third-order valence-corrected chi connectivity index (χ3v) is 10.5. The summed E-state index contributed by atoms with van der Waals surface area (Å²) in [5.41, 5.74) is 0.343. The van der Waals surface area contributed by atoms with Gasteiger partial charge in [0.2, 0.25) is 5.91 Å². The third-order valence-electron chi connectivity index (χ3n) is 4.74. The minimum atomic E-state index is -1.85. The number of thioether (sulfide) groups is 1. The fourth-order valence-corrected chi connectivity index (χ4v) is 4.65. The van der Waals surface area contributed by atoms with Gasteiger partial charge in [-0.3, -0.25) is 9.69 Å². The van der Waals surface area contributed by atoms with Crippen molar-refractivity contribution < 1.29 is 23.5 Å². The van der Waals surface area contributed by atoms with Crippen LogP contribution in [0.25, 0.3) is 0 Å². The summed E-state index contributed by atoms with van der Waals surface area (Å²) in [7, 11) is -0.280. The van der Waals surface area contributed by atoms with E-state index in [1.807, 2.05) is 0 Å². The van der Waals surface area contributed by atoms with Crippen LogP contribution in [0.5, 0.6) is 0 Å². The van der Waals surface area contributed by atoms with E-state index in [1.54, 1.807) is 7.11 Å². The van der Waals surface area contributed by atoms with Gasteiger partial charge < -0.3 is 13.9 Å². The molecule has 1 amide bonds. The third kappa shape index (κ3) is 3.87. The van der Waals surface area contributed by atoms with Crippen LogP contribution in [0.2, 0.25) is 18.1 Å². The highest BCUT2D eigenvalue weighted by Crippen LogP contribution is 2.46. The topological polar surface area (TPSA) is 65.1 Å². The minimum absolute atomic E-state index is 0.0219. The molecule has 0 unspecified atom stereocenters. The number of ether oxygens (including phenoxy) is 2. The Hall–Kier alpha value is -0.833. The highest BCUT2D eigenvalue weighted by atomic mass is 32.2. The second kappa shape index (κ2) is 7.19. The van der Waals surface area contributed by atoms with Crippen molar-refractivity contribution in [3.63, 3.8) is 0 Å². The van der Waals surface area contributed by atoms with Crippen molar-refractivity contribution in [1.82, 2.24) is 4.90 Å². The molecule has 6 nitrogen and oxygen atoms in total. The summed E-state index contributed by atoms with van der Waals surface area (Å²) in [4.78, 5) is 26.5. The average Bonchev–Trinajstić information content (AvgIpc) is 2.75. The van der Waals surface area contributed by atoms with Crippen LogP contribution in [-0.2, 0) is 23.5 Å². The van der Waals surface area contributed by atoms with Gasteiger partial charge in [-0.1, -0.05) is 32.5 Å². The number of methoxy groups -OCH3 is 1. The molecular formula is C16H27NO5SSi. The lowest BCUT2D eigenvalue weighted by Gasteiger charge is -2.36. The van der Waals surface area contributed by atoms with Gasteiger partial charge >= 0.3 is 5.97 Å². The fraction of sp³-hybridized carbons (Fsp3) is 0.750. The van der Waals surface area contributed by atoms with Gasteiger partial charge in [0.15, 0.2) is 8.32 Å². The van der Waals surface area contributed by atoms with Crippen LogP contribution in [0.1, 0.15) is 27.2 Å².